The molecule has 1 aliphatic rings. The lowest BCUT2D eigenvalue weighted by Crippen LogP contribution is -2.12. The molecular formula is C13H20N2O3. The number of nitrogen functional groups attached to an aromatic ring is 1. The quantitative estimate of drug-likeness (QED) is 0.595. The number of unbranched alkanes of at least 4 members (excludes halogenated alkanes) is 1. The first-order valence-electron chi connectivity index (χ1n) is 6.36. The van der Waals surface area contributed by atoms with E-state index in [4.69, 9.17) is 15.2 Å². The van der Waals surface area contributed by atoms with Crippen LogP contribution >= 0.6 is 0 Å². The number of hydrogen-bond donors (Lipinski definition) is 1. The van der Waals surface area contributed by atoms with Gasteiger partial charge in [0.05, 0.1) is 12.3 Å². The van der Waals surface area contributed by atoms with Gasteiger partial charge in [-0.2, -0.15) is 0 Å². The number of anilines is 1. The summed E-state index contributed by atoms with van der Waals surface area (Å²) in [4.78, 5) is 11.9. The maximum atomic E-state index is 11.9. The Bertz CT molecular complexity index is 410. The van der Waals surface area contributed by atoms with E-state index < -0.39 is 0 Å². The Hall–Kier alpha value is -1.49. The third-order valence-corrected chi connectivity index (χ3v) is 3.00. The van der Waals surface area contributed by atoms with Crippen LogP contribution in [0.5, 0.6) is 0 Å². The molecule has 0 radical (unpaired) electrons. The second kappa shape index (κ2) is 5.91. The topological polar surface area (TPSA) is 66.5 Å². The molecule has 5 nitrogen and oxygen atoms in total. The fourth-order valence-corrected chi connectivity index (χ4v) is 1.91. The third-order valence-electron chi connectivity index (χ3n) is 3.00. The van der Waals surface area contributed by atoms with Crippen molar-refractivity contribution in [3.8, 4) is 0 Å². The van der Waals surface area contributed by atoms with E-state index in [1.165, 1.54) is 0 Å². The number of esters is 1. The molecule has 2 N–H and O–H groups in total. The summed E-state index contributed by atoms with van der Waals surface area (Å²) in [6.07, 6.45) is 5.76. The molecule has 0 unspecified atom stereocenters. The van der Waals surface area contributed by atoms with E-state index in [0.717, 1.165) is 25.7 Å². The van der Waals surface area contributed by atoms with Crippen LogP contribution in [0.25, 0.3) is 0 Å². The van der Waals surface area contributed by atoms with Gasteiger partial charge < -0.3 is 19.8 Å². The van der Waals surface area contributed by atoms with Crippen LogP contribution in [0.1, 0.15) is 42.2 Å². The number of carbonyl (C=O) groups excluding carboxylic acids is 1. The molecule has 1 aliphatic carbocycles. The number of ether oxygens (including phenoxy) is 2. The first-order valence-corrected chi connectivity index (χ1v) is 6.36. The molecule has 5 heteroatoms. The molecule has 0 amide bonds. The molecule has 100 valence electrons. The molecule has 0 aromatic carbocycles. The number of carbonyl (C=O) groups is 1. The maximum Gasteiger partial charge on any atom is 0.355 e. The number of hydrogen-bond acceptors (Lipinski definition) is 4. The minimum atomic E-state index is -0.281. The van der Waals surface area contributed by atoms with Crippen molar-refractivity contribution < 1.29 is 14.3 Å². The predicted molar refractivity (Wildman–Crippen MR) is 68.5 cm³/mol. The zero-order valence-electron chi connectivity index (χ0n) is 10.7. The first-order chi connectivity index (χ1) is 8.72. The van der Waals surface area contributed by atoms with Crippen molar-refractivity contribution in [3.63, 3.8) is 0 Å². The molecule has 0 atom stereocenters. The highest BCUT2D eigenvalue weighted by atomic mass is 16.5. The van der Waals surface area contributed by atoms with Gasteiger partial charge >= 0.3 is 5.97 Å². The Labute approximate surface area is 107 Å². The van der Waals surface area contributed by atoms with Gasteiger partial charge in [0, 0.05) is 26.0 Å². The highest BCUT2D eigenvalue weighted by molar-refractivity contribution is 5.89. The van der Waals surface area contributed by atoms with Gasteiger partial charge in [-0.1, -0.05) is 0 Å². The monoisotopic (exact) mass is 252 g/mol. The van der Waals surface area contributed by atoms with Crippen LogP contribution in [0.15, 0.2) is 12.3 Å². The molecule has 0 bridgehead atoms. The standard InChI is InChI=1S/C13H20N2O3/c1-17-6-2-3-7-18-13(16)12-8-10(14)9-15(12)11-4-5-11/h8-9,11H,2-7,14H2,1H3. The average Bonchev–Trinajstić information content (AvgIpc) is 3.12. The van der Waals surface area contributed by atoms with Crippen LogP contribution < -0.4 is 5.73 Å². The lowest BCUT2D eigenvalue weighted by atomic mass is 10.3. The molecule has 1 fully saturated rings. The largest absolute Gasteiger partial charge is 0.461 e. The van der Waals surface area contributed by atoms with Crippen LogP contribution in [0.4, 0.5) is 5.69 Å². The number of methoxy groups -OCH3 is 1. The van der Waals surface area contributed by atoms with E-state index in [-0.39, 0.29) is 5.97 Å². The highest BCUT2D eigenvalue weighted by Gasteiger charge is 2.28. The van der Waals surface area contributed by atoms with Crippen molar-refractivity contribution in [2.45, 2.75) is 31.7 Å². The van der Waals surface area contributed by atoms with Crippen molar-refractivity contribution in [3.05, 3.63) is 18.0 Å². The second-order valence-electron chi connectivity index (χ2n) is 4.63. The summed E-state index contributed by atoms with van der Waals surface area (Å²) in [7, 11) is 1.66. The smallest absolute Gasteiger partial charge is 0.355 e. The van der Waals surface area contributed by atoms with Gasteiger partial charge in [-0.3, -0.25) is 0 Å². The lowest BCUT2D eigenvalue weighted by Gasteiger charge is -2.07. The van der Waals surface area contributed by atoms with Crippen molar-refractivity contribution in [1.82, 2.24) is 4.57 Å². The van der Waals surface area contributed by atoms with Crippen LogP contribution in [0.3, 0.4) is 0 Å². The van der Waals surface area contributed by atoms with E-state index >= 15 is 0 Å². The van der Waals surface area contributed by atoms with E-state index in [2.05, 4.69) is 0 Å². The first kappa shape index (κ1) is 13.0. The number of nitrogens with two attached hydrogens (primary N) is 1. The molecule has 0 saturated heterocycles. The summed E-state index contributed by atoms with van der Waals surface area (Å²) in [6, 6.07) is 2.12. The van der Waals surface area contributed by atoms with Gasteiger partial charge in [-0.05, 0) is 31.7 Å². The molecule has 0 spiro atoms. The lowest BCUT2D eigenvalue weighted by molar-refractivity contribution is 0.0476. The van der Waals surface area contributed by atoms with Gasteiger partial charge in [0.15, 0.2) is 0 Å². The maximum absolute atomic E-state index is 11.9. The number of rotatable bonds is 7. The number of aromatic nitrogens is 1. The molecule has 1 saturated carbocycles. The average molecular weight is 252 g/mol. The molecule has 18 heavy (non-hydrogen) atoms. The second-order valence-corrected chi connectivity index (χ2v) is 4.63. The summed E-state index contributed by atoms with van der Waals surface area (Å²) in [5.41, 5.74) is 6.92. The van der Waals surface area contributed by atoms with Gasteiger partial charge in [0.1, 0.15) is 5.69 Å². The van der Waals surface area contributed by atoms with Crippen LogP contribution in [0.2, 0.25) is 0 Å². The Morgan fingerprint density at radius 3 is 2.83 bits per heavy atom. The summed E-state index contributed by atoms with van der Waals surface area (Å²) in [6.45, 7) is 1.13. The summed E-state index contributed by atoms with van der Waals surface area (Å²) >= 11 is 0. The summed E-state index contributed by atoms with van der Waals surface area (Å²) in [5, 5.41) is 0. The Balaban J connectivity index is 1.84. The van der Waals surface area contributed by atoms with E-state index in [1.807, 2.05) is 10.8 Å². The normalized spacial score (nSPS) is 14.7. The minimum Gasteiger partial charge on any atom is -0.461 e. The van der Waals surface area contributed by atoms with Gasteiger partial charge in [-0.15, -0.1) is 0 Å². The fourth-order valence-electron chi connectivity index (χ4n) is 1.91. The van der Waals surface area contributed by atoms with E-state index in [0.29, 0.717) is 30.6 Å². The highest BCUT2D eigenvalue weighted by Crippen LogP contribution is 2.37. The van der Waals surface area contributed by atoms with Crippen LogP contribution in [-0.4, -0.2) is 30.9 Å². The summed E-state index contributed by atoms with van der Waals surface area (Å²) in [5.74, 6) is -0.281. The predicted octanol–water partition coefficient (Wildman–Crippen LogP) is 1.99. The third kappa shape index (κ3) is 3.26. The van der Waals surface area contributed by atoms with Gasteiger partial charge in [-0.25, -0.2) is 4.79 Å². The number of nitrogens with zero attached hydrogens (tertiary/aromatic N) is 1. The molecule has 0 aliphatic heterocycles. The Morgan fingerprint density at radius 1 is 1.44 bits per heavy atom. The van der Waals surface area contributed by atoms with Crippen LogP contribution in [-0.2, 0) is 9.47 Å². The molecule has 2 rings (SSSR count). The zero-order chi connectivity index (χ0) is 13.0. The minimum absolute atomic E-state index is 0.281. The van der Waals surface area contributed by atoms with Crippen molar-refractivity contribution in [1.29, 1.82) is 0 Å². The Kier molecular flexibility index (Phi) is 4.25. The van der Waals surface area contributed by atoms with E-state index in [1.54, 1.807) is 13.2 Å². The zero-order valence-corrected chi connectivity index (χ0v) is 10.7. The molecule has 1 aromatic heterocycles. The molecule has 1 heterocycles. The van der Waals surface area contributed by atoms with E-state index in [9.17, 15) is 4.79 Å². The SMILES string of the molecule is COCCCCOC(=O)c1cc(N)cn1C1CC1. The Morgan fingerprint density at radius 2 is 2.17 bits per heavy atom. The van der Waals surface area contributed by atoms with Crippen molar-refractivity contribution in [2.75, 3.05) is 26.1 Å². The fraction of sp³-hybridized carbons (Fsp3) is 0.615. The van der Waals surface area contributed by atoms with Gasteiger partial charge in [0.2, 0.25) is 0 Å². The molecular weight excluding hydrogens is 232 g/mol. The van der Waals surface area contributed by atoms with Crippen LogP contribution in [0, 0.1) is 0 Å². The summed E-state index contributed by atoms with van der Waals surface area (Å²) < 4.78 is 12.1. The van der Waals surface area contributed by atoms with Crippen molar-refractivity contribution >= 4 is 11.7 Å². The van der Waals surface area contributed by atoms with Crippen molar-refractivity contribution in [2.24, 2.45) is 0 Å². The molecule has 1 aromatic rings. The van der Waals surface area contributed by atoms with Gasteiger partial charge in [0.25, 0.3) is 0 Å².